The highest BCUT2D eigenvalue weighted by atomic mass is 35.5. The summed E-state index contributed by atoms with van der Waals surface area (Å²) in [4.78, 5) is 4.14. The molecule has 2 heteroatoms. The van der Waals surface area contributed by atoms with Gasteiger partial charge in [0.05, 0.1) is 0 Å². The summed E-state index contributed by atoms with van der Waals surface area (Å²) in [5.74, 6) is 1.33. The maximum absolute atomic E-state index is 6.20. The highest BCUT2D eigenvalue weighted by Gasteiger charge is 2.30. The van der Waals surface area contributed by atoms with E-state index in [4.69, 9.17) is 11.6 Å². The third kappa shape index (κ3) is 3.34. The Bertz CT molecular complexity index is 274. The Labute approximate surface area is 98.6 Å². The van der Waals surface area contributed by atoms with Crippen LogP contribution in [-0.2, 0) is 0 Å². The molecule has 86 valence electrons. The smallest absolute Gasteiger partial charge is 0.126 e. The summed E-state index contributed by atoms with van der Waals surface area (Å²) < 4.78 is 0. The van der Waals surface area contributed by atoms with E-state index in [1.54, 1.807) is 7.05 Å². The molecule has 1 nitrogen and oxygen atoms in total. The Morgan fingerprint density at radius 3 is 2.47 bits per heavy atom. The van der Waals surface area contributed by atoms with Gasteiger partial charge in [-0.3, -0.25) is 4.99 Å². The Hall–Kier alpha value is -0.300. The quantitative estimate of drug-likeness (QED) is 0.617. The molecule has 1 aliphatic carbocycles. The fraction of sp³-hybridized carbons (Fsp3) is 0.769. The van der Waals surface area contributed by atoms with Crippen LogP contribution in [0.1, 0.15) is 46.5 Å². The first-order valence-electron chi connectivity index (χ1n) is 5.95. The molecule has 15 heavy (non-hydrogen) atoms. The Morgan fingerprint density at radius 2 is 2.07 bits per heavy atom. The van der Waals surface area contributed by atoms with E-state index in [0.717, 1.165) is 5.17 Å². The van der Waals surface area contributed by atoms with Crippen LogP contribution in [0.2, 0.25) is 0 Å². The van der Waals surface area contributed by atoms with Gasteiger partial charge in [0, 0.05) is 7.05 Å². The molecular weight excluding hydrogens is 206 g/mol. The Kier molecular flexibility index (Phi) is 4.85. The van der Waals surface area contributed by atoms with Crippen molar-refractivity contribution >= 4 is 16.8 Å². The number of nitrogens with zero attached hydrogens (tertiary/aromatic N) is 1. The first-order valence-corrected chi connectivity index (χ1v) is 6.32. The first kappa shape index (κ1) is 12.8. The third-order valence-corrected chi connectivity index (χ3v) is 3.66. The lowest BCUT2D eigenvalue weighted by molar-refractivity contribution is 0.595. The molecule has 0 radical (unpaired) electrons. The van der Waals surface area contributed by atoms with Crippen LogP contribution in [0.5, 0.6) is 0 Å². The predicted octanol–water partition coefficient (Wildman–Crippen LogP) is 4.42. The standard InChI is InChI=1S/C13H22ClN/c1-5-6-9(2)10(3)12(11-7-8-11)13(14)15-4/h9,11H,5-8H2,1-4H3/b12-10-,15-13+/t9-/m0/s1. The summed E-state index contributed by atoms with van der Waals surface area (Å²) >= 11 is 6.20. The summed E-state index contributed by atoms with van der Waals surface area (Å²) in [6.45, 7) is 6.75. The van der Waals surface area contributed by atoms with E-state index in [0.29, 0.717) is 11.8 Å². The predicted molar refractivity (Wildman–Crippen MR) is 68.7 cm³/mol. The highest BCUT2D eigenvalue weighted by molar-refractivity contribution is 6.69. The highest BCUT2D eigenvalue weighted by Crippen LogP contribution is 2.41. The van der Waals surface area contributed by atoms with E-state index in [1.807, 2.05) is 0 Å². The SMILES string of the molecule is CCC[C@H](C)/C(C)=C(\C(Cl)=N/C)C1CC1. The first-order chi connectivity index (χ1) is 7.11. The van der Waals surface area contributed by atoms with Crippen molar-refractivity contribution in [1.29, 1.82) is 0 Å². The third-order valence-electron chi connectivity index (χ3n) is 3.29. The Balaban J connectivity index is 2.88. The second-order valence-electron chi connectivity index (χ2n) is 4.58. The summed E-state index contributed by atoms with van der Waals surface area (Å²) in [5.41, 5.74) is 2.79. The van der Waals surface area contributed by atoms with Crippen molar-refractivity contribution in [2.24, 2.45) is 16.8 Å². The van der Waals surface area contributed by atoms with Crippen LogP contribution < -0.4 is 0 Å². The number of hydrogen-bond acceptors (Lipinski definition) is 1. The molecule has 1 rings (SSSR count). The van der Waals surface area contributed by atoms with Gasteiger partial charge in [0.15, 0.2) is 0 Å². The van der Waals surface area contributed by atoms with Crippen molar-refractivity contribution in [1.82, 2.24) is 0 Å². The van der Waals surface area contributed by atoms with Crippen molar-refractivity contribution in [3.63, 3.8) is 0 Å². The van der Waals surface area contributed by atoms with Gasteiger partial charge in [-0.1, -0.05) is 37.4 Å². The molecular formula is C13H22ClN. The number of rotatable bonds is 5. The average Bonchev–Trinajstić information content (AvgIpc) is 3.02. The molecule has 0 saturated heterocycles. The van der Waals surface area contributed by atoms with Crippen molar-refractivity contribution in [3.05, 3.63) is 11.1 Å². The molecule has 0 aliphatic heterocycles. The summed E-state index contributed by atoms with van der Waals surface area (Å²) in [6.07, 6.45) is 5.06. The van der Waals surface area contributed by atoms with Crippen LogP contribution in [0, 0.1) is 11.8 Å². The molecule has 1 atom stereocenters. The number of aliphatic imine (C=N–C) groups is 1. The molecule has 1 aliphatic rings. The molecule has 0 bridgehead atoms. The molecule has 0 aromatic heterocycles. The number of allylic oxidation sites excluding steroid dienone is 2. The van der Waals surface area contributed by atoms with Crippen LogP contribution in [0.25, 0.3) is 0 Å². The van der Waals surface area contributed by atoms with Crippen molar-refractivity contribution in [2.75, 3.05) is 7.05 Å². The van der Waals surface area contributed by atoms with Gasteiger partial charge in [-0.25, -0.2) is 0 Å². The normalized spacial score (nSPS) is 21.3. The lowest BCUT2D eigenvalue weighted by Gasteiger charge is -2.16. The van der Waals surface area contributed by atoms with Crippen molar-refractivity contribution < 1.29 is 0 Å². The van der Waals surface area contributed by atoms with Gasteiger partial charge < -0.3 is 0 Å². The number of halogens is 1. The number of hydrogen-bond donors (Lipinski definition) is 0. The van der Waals surface area contributed by atoms with E-state index < -0.39 is 0 Å². The minimum absolute atomic E-state index is 0.640. The molecule has 0 heterocycles. The molecule has 1 fully saturated rings. The zero-order chi connectivity index (χ0) is 11.4. The van der Waals surface area contributed by atoms with Gasteiger partial charge in [-0.2, -0.15) is 0 Å². The van der Waals surface area contributed by atoms with Crippen LogP contribution in [0.4, 0.5) is 0 Å². The monoisotopic (exact) mass is 227 g/mol. The molecule has 1 saturated carbocycles. The van der Waals surface area contributed by atoms with Gasteiger partial charge in [0.1, 0.15) is 5.17 Å². The van der Waals surface area contributed by atoms with E-state index >= 15 is 0 Å². The fourth-order valence-electron chi connectivity index (χ4n) is 2.06. The lowest BCUT2D eigenvalue weighted by atomic mass is 9.91. The van der Waals surface area contributed by atoms with Gasteiger partial charge >= 0.3 is 0 Å². The molecule has 0 unspecified atom stereocenters. The van der Waals surface area contributed by atoms with Gasteiger partial charge in [-0.15, -0.1) is 0 Å². The van der Waals surface area contributed by atoms with E-state index in [2.05, 4.69) is 25.8 Å². The van der Waals surface area contributed by atoms with Crippen LogP contribution in [0.3, 0.4) is 0 Å². The summed E-state index contributed by atoms with van der Waals surface area (Å²) in [5, 5.41) is 0.734. The van der Waals surface area contributed by atoms with Gasteiger partial charge in [0.2, 0.25) is 0 Å². The lowest BCUT2D eigenvalue weighted by Crippen LogP contribution is -2.07. The van der Waals surface area contributed by atoms with E-state index in [1.165, 1.54) is 36.8 Å². The zero-order valence-corrected chi connectivity index (χ0v) is 11.1. The maximum Gasteiger partial charge on any atom is 0.126 e. The van der Waals surface area contributed by atoms with Gasteiger partial charge in [0.25, 0.3) is 0 Å². The van der Waals surface area contributed by atoms with Crippen molar-refractivity contribution in [3.8, 4) is 0 Å². The van der Waals surface area contributed by atoms with Crippen LogP contribution >= 0.6 is 11.6 Å². The average molecular weight is 228 g/mol. The topological polar surface area (TPSA) is 12.4 Å². The zero-order valence-electron chi connectivity index (χ0n) is 10.3. The summed E-state index contributed by atoms with van der Waals surface area (Å²) in [6, 6.07) is 0. The summed E-state index contributed by atoms with van der Waals surface area (Å²) in [7, 11) is 1.78. The molecule has 0 aromatic rings. The van der Waals surface area contributed by atoms with E-state index in [9.17, 15) is 0 Å². The van der Waals surface area contributed by atoms with E-state index in [-0.39, 0.29) is 0 Å². The minimum atomic E-state index is 0.640. The largest absolute Gasteiger partial charge is 0.276 e. The second kappa shape index (κ2) is 5.69. The van der Waals surface area contributed by atoms with Crippen LogP contribution in [-0.4, -0.2) is 12.2 Å². The molecule has 0 aromatic carbocycles. The second-order valence-corrected chi connectivity index (χ2v) is 4.93. The Morgan fingerprint density at radius 1 is 1.47 bits per heavy atom. The molecule has 0 spiro atoms. The molecule has 0 amide bonds. The molecule has 0 N–H and O–H groups in total. The van der Waals surface area contributed by atoms with Crippen molar-refractivity contribution in [2.45, 2.75) is 46.5 Å². The van der Waals surface area contributed by atoms with Gasteiger partial charge in [-0.05, 0) is 43.6 Å². The minimum Gasteiger partial charge on any atom is -0.276 e. The fourth-order valence-corrected chi connectivity index (χ4v) is 2.36. The van der Waals surface area contributed by atoms with Crippen LogP contribution in [0.15, 0.2) is 16.1 Å². The maximum atomic E-state index is 6.20.